The number of hydrogen-bond acceptors (Lipinski definition) is 3. The second-order valence-electron chi connectivity index (χ2n) is 6.53. The zero-order valence-electron chi connectivity index (χ0n) is 15.1. The fourth-order valence-corrected chi connectivity index (χ4v) is 2.59. The summed E-state index contributed by atoms with van der Waals surface area (Å²) >= 11 is 0. The van der Waals surface area contributed by atoms with Gasteiger partial charge in [0.2, 0.25) is 0 Å². The van der Waals surface area contributed by atoms with Crippen LogP contribution in [0, 0.1) is 0 Å². The first-order chi connectivity index (χ1) is 11.4. The summed E-state index contributed by atoms with van der Waals surface area (Å²) in [6.07, 6.45) is 0.249. The molecule has 0 saturated heterocycles. The van der Waals surface area contributed by atoms with Crippen LogP contribution in [0.3, 0.4) is 0 Å². The maximum atomic E-state index is 12.2. The maximum absolute atomic E-state index is 12.2. The Balaban J connectivity index is 2.21. The minimum Gasteiger partial charge on any atom is -0.395 e. The molecule has 128 valence electrons. The average molecular weight is 326 g/mol. The molecule has 0 aliphatic heterocycles. The summed E-state index contributed by atoms with van der Waals surface area (Å²) in [4.78, 5) is 12.2. The first-order valence-electron chi connectivity index (χ1n) is 8.53. The van der Waals surface area contributed by atoms with E-state index in [9.17, 15) is 4.79 Å². The molecule has 0 bridgehead atoms. The quantitative estimate of drug-likeness (QED) is 0.494. The average Bonchev–Trinajstić information content (AvgIpc) is 2.55. The summed E-state index contributed by atoms with van der Waals surface area (Å²) in [5.41, 5.74) is 3.22. The molecular formula is C21H26O3. The summed E-state index contributed by atoms with van der Waals surface area (Å²) in [7, 11) is 0. The minimum atomic E-state index is -0.700. The molecule has 0 aromatic heterocycles. The van der Waals surface area contributed by atoms with Gasteiger partial charge in [0.25, 0.3) is 0 Å². The number of ether oxygens (including phenoxy) is 2. The maximum Gasteiger partial charge on any atom is 0.519 e. The van der Waals surface area contributed by atoms with Gasteiger partial charge in [0, 0.05) is 0 Å². The third-order valence-corrected chi connectivity index (χ3v) is 4.04. The van der Waals surface area contributed by atoms with Gasteiger partial charge in [0.1, 0.15) is 11.5 Å². The molecule has 0 N–H and O–H groups in total. The van der Waals surface area contributed by atoms with Crippen molar-refractivity contribution in [2.75, 3.05) is 0 Å². The molecule has 2 aromatic carbocycles. The molecular weight excluding hydrogens is 300 g/mol. The molecule has 0 aliphatic carbocycles. The first kappa shape index (κ1) is 18.1. The topological polar surface area (TPSA) is 35.5 Å². The highest BCUT2D eigenvalue weighted by Crippen LogP contribution is 2.34. The monoisotopic (exact) mass is 326 g/mol. The molecule has 3 nitrogen and oxygen atoms in total. The molecule has 0 amide bonds. The van der Waals surface area contributed by atoms with Gasteiger partial charge < -0.3 is 9.47 Å². The molecule has 0 aliphatic rings. The molecule has 2 rings (SSSR count). The number of para-hydroxylation sites is 1. The van der Waals surface area contributed by atoms with Crippen molar-refractivity contribution in [3.63, 3.8) is 0 Å². The number of benzene rings is 2. The van der Waals surface area contributed by atoms with Gasteiger partial charge in [-0.1, -0.05) is 65.0 Å². The van der Waals surface area contributed by atoms with Gasteiger partial charge in [-0.15, -0.1) is 0 Å². The predicted octanol–water partition coefficient (Wildman–Crippen LogP) is 6.07. The van der Waals surface area contributed by atoms with Crippen molar-refractivity contribution in [3.8, 4) is 11.5 Å². The van der Waals surface area contributed by atoms with Crippen molar-refractivity contribution < 1.29 is 14.3 Å². The van der Waals surface area contributed by atoms with Crippen LogP contribution in [0.25, 0.3) is 0 Å². The molecule has 24 heavy (non-hydrogen) atoms. The zero-order valence-corrected chi connectivity index (χ0v) is 15.1. The van der Waals surface area contributed by atoms with Crippen LogP contribution in [0.5, 0.6) is 11.5 Å². The molecule has 0 radical (unpaired) electrons. The van der Waals surface area contributed by atoms with E-state index < -0.39 is 6.16 Å². The van der Waals surface area contributed by atoms with Gasteiger partial charge in [-0.3, -0.25) is 0 Å². The zero-order chi connectivity index (χ0) is 17.7. The molecule has 3 heteroatoms. The summed E-state index contributed by atoms with van der Waals surface area (Å²) in [6.45, 7) is 10.4. The van der Waals surface area contributed by atoms with Crippen LogP contribution in [-0.2, 0) is 6.42 Å². The van der Waals surface area contributed by atoms with Gasteiger partial charge in [0.05, 0.1) is 0 Å². The van der Waals surface area contributed by atoms with Crippen LogP contribution in [-0.4, -0.2) is 6.16 Å². The Morgan fingerprint density at radius 3 is 1.88 bits per heavy atom. The van der Waals surface area contributed by atoms with Crippen LogP contribution in [0.1, 0.15) is 63.1 Å². The largest absolute Gasteiger partial charge is 0.519 e. The standard InChI is InChI=1S/C21H26O3/c1-6-16-10-12-17(13-11-16)23-21(22)24-20-18(14(2)3)8-7-9-19(20)15(4)5/h7-15H,6H2,1-5H3. The normalized spacial score (nSPS) is 11.0. The first-order valence-corrected chi connectivity index (χ1v) is 8.53. The van der Waals surface area contributed by atoms with Crippen LogP contribution in [0.4, 0.5) is 4.79 Å². The minimum absolute atomic E-state index is 0.260. The highest BCUT2D eigenvalue weighted by molar-refractivity contribution is 5.68. The number of hydrogen-bond donors (Lipinski definition) is 0. The fraction of sp³-hybridized carbons (Fsp3) is 0.381. The molecule has 0 saturated carbocycles. The lowest BCUT2D eigenvalue weighted by Crippen LogP contribution is -2.16. The summed E-state index contributed by atoms with van der Waals surface area (Å²) < 4.78 is 10.9. The number of carbonyl (C=O) groups is 1. The predicted molar refractivity (Wildman–Crippen MR) is 97.1 cm³/mol. The third kappa shape index (κ3) is 4.38. The van der Waals surface area contributed by atoms with E-state index in [2.05, 4.69) is 34.6 Å². The van der Waals surface area contributed by atoms with Crippen molar-refractivity contribution in [1.82, 2.24) is 0 Å². The Morgan fingerprint density at radius 2 is 1.42 bits per heavy atom. The van der Waals surface area contributed by atoms with Crippen LogP contribution in [0.15, 0.2) is 42.5 Å². The van der Waals surface area contributed by atoms with Crippen LogP contribution < -0.4 is 9.47 Å². The molecule has 2 aromatic rings. The van der Waals surface area contributed by atoms with E-state index >= 15 is 0 Å². The van der Waals surface area contributed by atoms with E-state index in [0.717, 1.165) is 17.5 Å². The van der Waals surface area contributed by atoms with E-state index in [0.29, 0.717) is 11.5 Å². The number of rotatable bonds is 5. The third-order valence-electron chi connectivity index (χ3n) is 4.04. The van der Waals surface area contributed by atoms with Crippen LogP contribution >= 0.6 is 0 Å². The highest BCUT2D eigenvalue weighted by Gasteiger charge is 2.19. The van der Waals surface area contributed by atoms with Gasteiger partial charge in [-0.25, -0.2) is 4.79 Å². The Labute approximate surface area is 144 Å². The Morgan fingerprint density at radius 1 is 0.875 bits per heavy atom. The number of aryl methyl sites for hydroxylation is 1. The lowest BCUT2D eigenvalue weighted by atomic mass is 9.94. The summed E-state index contributed by atoms with van der Waals surface area (Å²) in [6, 6.07) is 13.5. The van der Waals surface area contributed by atoms with E-state index in [1.165, 1.54) is 5.56 Å². The van der Waals surface area contributed by atoms with E-state index in [4.69, 9.17) is 9.47 Å². The lowest BCUT2D eigenvalue weighted by molar-refractivity contribution is 0.150. The van der Waals surface area contributed by atoms with E-state index in [1.54, 1.807) is 12.1 Å². The SMILES string of the molecule is CCc1ccc(OC(=O)Oc2c(C(C)C)cccc2C(C)C)cc1. The second kappa shape index (κ2) is 8.00. The summed E-state index contributed by atoms with van der Waals surface area (Å²) in [5.74, 6) is 1.63. The van der Waals surface area contributed by atoms with E-state index in [-0.39, 0.29) is 11.8 Å². The molecule has 0 unspecified atom stereocenters. The van der Waals surface area contributed by atoms with Gasteiger partial charge in [0.15, 0.2) is 0 Å². The Kier molecular flexibility index (Phi) is 6.02. The van der Waals surface area contributed by atoms with Crippen molar-refractivity contribution >= 4 is 6.16 Å². The highest BCUT2D eigenvalue weighted by atomic mass is 16.7. The van der Waals surface area contributed by atoms with Gasteiger partial charge in [-0.2, -0.15) is 0 Å². The van der Waals surface area contributed by atoms with Crippen LogP contribution in [0.2, 0.25) is 0 Å². The second-order valence-corrected chi connectivity index (χ2v) is 6.53. The van der Waals surface area contributed by atoms with Crippen molar-refractivity contribution in [3.05, 3.63) is 59.2 Å². The van der Waals surface area contributed by atoms with Gasteiger partial charge >= 0.3 is 6.16 Å². The lowest BCUT2D eigenvalue weighted by Gasteiger charge is -2.18. The molecule has 0 atom stereocenters. The number of carbonyl (C=O) groups excluding carboxylic acids is 1. The molecule has 0 fully saturated rings. The van der Waals surface area contributed by atoms with Gasteiger partial charge in [-0.05, 0) is 47.1 Å². The smallest absolute Gasteiger partial charge is 0.395 e. The summed E-state index contributed by atoms with van der Waals surface area (Å²) in [5, 5.41) is 0. The van der Waals surface area contributed by atoms with Crippen molar-refractivity contribution in [2.45, 2.75) is 52.9 Å². The fourth-order valence-electron chi connectivity index (χ4n) is 2.59. The van der Waals surface area contributed by atoms with E-state index in [1.807, 2.05) is 30.3 Å². The Hall–Kier alpha value is -2.29. The molecule has 0 spiro atoms. The van der Waals surface area contributed by atoms with Crippen molar-refractivity contribution in [1.29, 1.82) is 0 Å². The Bertz CT molecular complexity index is 658. The molecule has 0 heterocycles. The van der Waals surface area contributed by atoms with Crippen molar-refractivity contribution in [2.24, 2.45) is 0 Å².